The molecule has 0 aromatic heterocycles. The second-order valence-corrected chi connectivity index (χ2v) is 4.84. The van der Waals surface area contributed by atoms with Crippen molar-refractivity contribution in [1.29, 1.82) is 0 Å². The maximum Gasteiger partial charge on any atom is 0.158 e. The van der Waals surface area contributed by atoms with Crippen LogP contribution in [0.4, 0.5) is 0 Å². The summed E-state index contributed by atoms with van der Waals surface area (Å²) in [6, 6.07) is 0. The second kappa shape index (κ2) is 3.35. The lowest BCUT2D eigenvalue weighted by molar-refractivity contribution is -0.208. The highest BCUT2D eigenvalue weighted by Crippen LogP contribution is 2.46. The van der Waals surface area contributed by atoms with E-state index in [0.29, 0.717) is 0 Å². The van der Waals surface area contributed by atoms with Gasteiger partial charge in [-0.05, 0) is 44.4 Å². The van der Waals surface area contributed by atoms with Crippen LogP contribution in [0.1, 0.15) is 38.5 Å². The van der Waals surface area contributed by atoms with Crippen LogP contribution in [0.3, 0.4) is 0 Å². The predicted octanol–water partition coefficient (Wildman–Crippen LogP) is 2.64. The van der Waals surface area contributed by atoms with Gasteiger partial charge in [-0.25, -0.2) is 0 Å². The van der Waals surface area contributed by atoms with Gasteiger partial charge in [0.1, 0.15) is 0 Å². The van der Waals surface area contributed by atoms with Crippen LogP contribution in [0, 0.1) is 5.92 Å². The molecule has 2 nitrogen and oxygen atoms in total. The zero-order valence-corrected chi connectivity index (χ0v) is 8.58. The van der Waals surface area contributed by atoms with Gasteiger partial charge in [0.15, 0.2) is 6.29 Å². The molecular weight excluding hydrogens is 176 g/mol. The molecule has 3 aliphatic rings. The fourth-order valence-electron chi connectivity index (χ4n) is 2.92. The fraction of sp³-hybridized carbons (Fsp3) is 0.833. The first kappa shape index (κ1) is 8.93. The summed E-state index contributed by atoms with van der Waals surface area (Å²) >= 11 is 0. The molecule has 3 atom stereocenters. The smallest absolute Gasteiger partial charge is 0.158 e. The van der Waals surface area contributed by atoms with Gasteiger partial charge in [0, 0.05) is 6.61 Å². The summed E-state index contributed by atoms with van der Waals surface area (Å²) in [5.74, 6) is 0.790. The van der Waals surface area contributed by atoms with Gasteiger partial charge in [0.2, 0.25) is 0 Å². The van der Waals surface area contributed by atoms with Gasteiger partial charge in [-0.2, -0.15) is 0 Å². The number of rotatable bonds is 2. The van der Waals surface area contributed by atoms with E-state index in [1.807, 2.05) is 0 Å². The first-order valence-electron chi connectivity index (χ1n) is 5.85. The number of fused-ring (bicyclic) bond motifs is 2. The zero-order chi connectivity index (χ0) is 9.43. The third kappa shape index (κ3) is 1.51. The molecule has 3 unspecified atom stereocenters. The number of allylic oxidation sites excluding steroid dienone is 1. The molecule has 2 fully saturated rings. The Hall–Kier alpha value is -0.340. The Morgan fingerprint density at radius 3 is 2.86 bits per heavy atom. The molecule has 0 N–H and O–H groups in total. The van der Waals surface area contributed by atoms with E-state index in [1.165, 1.54) is 32.1 Å². The first-order valence-corrected chi connectivity index (χ1v) is 5.85. The van der Waals surface area contributed by atoms with E-state index in [4.69, 9.17) is 9.47 Å². The Morgan fingerprint density at radius 2 is 2.29 bits per heavy atom. The molecule has 1 saturated carbocycles. The fourth-order valence-corrected chi connectivity index (χ4v) is 2.92. The van der Waals surface area contributed by atoms with Gasteiger partial charge < -0.3 is 9.47 Å². The molecule has 0 spiro atoms. The molecule has 1 aliphatic heterocycles. The monoisotopic (exact) mass is 194 g/mol. The number of ether oxygens (including phenoxy) is 2. The van der Waals surface area contributed by atoms with E-state index in [1.54, 1.807) is 0 Å². The van der Waals surface area contributed by atoms with Crippen LogP contribution in [0.5, 0.6) is 0 Å². The van der Waals surface area contributed by atoms with Crippen LogP contribution < -0.4 is 0 Å². The Kier molecular flexibility index (Phi) is 2.14. The zero-order valence-electron chi connectivity index (χ0n) is 8.58. The molecule has 78 valence electrons. The van der Waals surface area contributed by atoms with E-state index in [0.717, 1.165) is 18.9 Å². The summed E-state index contributed by atoms with van der Waals surface area (Å²) < 4.78 is 11.8. The molecule has 2 bridgehead atoms. The van der Waals surface area contributed by atoms with E-state index in [9.17, 15) is 0 Å². The SMILES string of the molecule is C1=CC2(OC3CCCCO3)CCC1C2. The van der Waals surface area contributed by atoms with E-state index in [-0.39, 0.29) is 11.9 Å². The Bertz CT molecular complexity index is 243. The predicted molar refractivity (Wildman–Crippen MR) is 53.9 cm³/mol. The van der Waals surface area contributed by atoms with Crippen LogP contribution in [0.2, 0.25) is 0 Å². The third-order valence-corrected chi connectivity index (χ3v) is 3.72. The summed E-state index contributed by atoms with van der Waals surface area (Å²) in [6.45, 7) is 0.883. The average Bonchev–Trinajstić information content (AvgIpc) is 2.78. The van der Waals surface area contributed by atoms with Crippen molar-refractivity contribution in [1.82, 2.24) is 0 Å². The minimum atomic E-state index is 0.0622. The molecule has 1 saturated heterocycles. The molecule has 2 heteroatoms. The summed E-state index contributed by atoms with van der Waals surface area (Å²) in [5, 5.41) is 0. The first-order chi connectivity index (χ1) is 6.86. The van der Waals surface area contributed by atoms with Crippen LogP contribution in [0.15, 0.2) is 12.2 Å². The second-order valence-electron chi connectivity index (χ2n) is 4.84. The van der Waals surface area contributed by atoms with Crippen molar-refractivity contribution >= 4 is 0 Å². The van der Waals surface area contributed by atoms with Crippen molar-refractivity contribution in [3.8, 4) is 0 Å². The van der Waals surface area contributed by atoms with E-state index >= 15 is 0 Å². The lowest BCUT2D eigenvalue weighted by Crippen LogP contribution is -2.34. The average molecular weight is 194 g/mol. The van der Waals surface area contributed by atoms with Gasteiger partial charge in [-0.15, -0.1) is 0 Å². The summed E-state index contributed by atoms with van der Waals surface area (Å²) in [6.07, 6.45) is 11.9. The molecule has 2 aliphatic carbocycles. The van der Waals surface area contributed by atoms with Crippen molar-refractivity contribution in [3.05, 3.63) is 12.2 Å². The minimum absolute atomic E-state index is 0.0622. The number of hydrogen-bond donors (Lipinski definition) is 0. The van der Waals surface area contributed by atoms with Crippen LogP contribution in [-0.4, -0.2) is 18.5 Å². The highest BCUT2D eigenvalue weighted by Gasteiger charge is 2.43. The van der Waals surface area contributed by atoms with Gasteiger partial charge >= 0.3 is 0 Å². The summed E-state index contributed by atoms with van der Waals surface area (Å²) in [7, 11) is 0. The van der Waals surface area contributed by atoms with Crippen molar-refractivity contribution in [2.45, 2.75) is 50.4 Å². The molecule has 0 radical (unpaired) electrons. The Labute approximate surface area is 85.3 Å². The molecule has 14 heavy (non-hydrogen) atoms. The summed E-state index contributed by atoms with van der Waals surface area (Å²) in [5.41, 5.74) is 0.0622. The maximum absolute atomic E-state index is 6.12. The quantitative estimate of drug-likeness (QED) is 0.629. The van der Waals surface area contributed by atoms with Crippen molar-refractivity contribution in [2.24, 2.45) is 5.92 Å². The normalized spacial score (nSPS) is 46.0. The van der Waals surface area contributed by atoms with Gasteiger partial charge in [-0.1, -0.05) is 12.2 Å². The molecule has 0 aromatic carbocycles. The Balaban J connectivity index is 1.63. The molecule has 3 rings (SSSR count). The van der Waals surface area contributed by atoms with Gasteiger partial charge in [0.25, 0.3) is 0 Å². The van der Waals surface area contributed by atoms with Crippen molar-refractivity contribution in [2.75, 3.05) is 6.61 Å². The van der Waals surface area contributed by atoms with Gasteiger partial charge in [-0.3, -0.25) is 0 Å². The minimum Gasteiger partial charge on any atom is -0.353 e. The maximum atomic E-state index is 6.12. The molecule has 0 aromatic rings. The lowest BCUT2D eigenvalue weighted by atomic mass is 10.0. The summed E-state index contributed by atoms with van der Waals surface area (Å²) in [4.78, 5) is 0. The van der Waals surface area contributed by atoms with Crippen molar-refractivity contribution in [3.63, 3.8) is 0 Å². The Morgan fingerprint density at radius 1 is 1.29 bits per heavy atom. The van der Waals surface area contributed by atoms with E-state index < -0.39 is 0 Å². The van der Waals surface area contributed by atoms with Crippen molar-refractivity contribution < 1.29 is 9.47 Å². The highest BCUT2D eigenvalue weighted by atomic mass is 16.7. The third-order valence-electron chi connectivity index (χ3n) is 3.72. The molecular formula is C12H18O2. The number of hydrogen-bond acceptors (Lipinski definition) is 2. The highest BCUT2D eigenvalue weighted by molar-refractivity contribution is 5.18. The largest absolute Gasteiger partial charge is 0.353 e. The van der Waals surface area contributed by atoms with Crippen LogP contribution >= 0.6 is 0 Å². The van der Waals surface area contributed by atoms with Crippen LogP contribution in [0.25, 0.3) is 0 Å². The van der Waals surface area contributed by atoms with E-state index in [2.05, 4.69) is 12.2 Å². The topological polar surface area (TPSA) is 18.5 Å². The molecule has 1 heterocycles. The lowest BCUT2D eigenvalue weighted by Gasteiger charge is -2.32. The molecule has 0 amide bonds. The van der Waals surface area contributed by atoms with Crippen LogP contribution in [-0.2, 0) is 9.47 Å². The standard InChI is InChI=1S/C12H18O2/c1-2-8-13-11(3-1)14-12-6-4-10(9-12)5-7-12/h4,6,10-11H,1-3,5,7-9H2. The van der Waals surface area contributed by atoms with Gasteiger partial charge in [0.05, 0.1) is 5.60 Å².